The predicted octanol–water partition coefficient (Wildman–Crippen LogP) is 3.04. The molecule has 0 atom stereocenters. The van der Waals surface area contributed by atoms with Crippen molar-refractivity contribution in [2.24, 2.45) is 11.5 Å². The highest BCUT2D eigenvalue weighted by atomic mass is 32.1. The third kappa shape index (κ3) is 11.3. The summed E-state index contributed by atoms with van der Waals surface area (Å²) in [7, 11) is 1.75. The number of hydrogen-bond acceptors (Lipinski definition) is 10. The minimum absolute atomic E-state index is 0.0247. The molecule has 2 heterocycles. The van der Waals surface area contributed by atoms with Crippen LogP contribution in [0.3, 0.4) is 0 Å². The Balaban J connectivity index is 1.78. The molecule has 0 aromatic carbocycles. The van der Waals surface area contributed by atoms with Crippen LogP contribution < -0.4 is 27.4 Å². The third-order valence-corrected chi connectivity index (χ3v) is 5.26. The minimum atomic E-state index is -0.620. The lowest BCUT2D eigenvalue weighted by molar-refractivity contribution is -0.115. The number of unbranched alkanes of at least 4 members (excludes halogenated alkanes) is 1. The zero-order valence-electron chi connectivity index (χ0n) is 20.6. The van der Waals surface area contributed by atoms with Crippen molar-refractivity contribution in [2.75, 3.05) is 17.7 Å². The van der Waals surface area contributed by atoms with Gasteiger partial charge in [-0.2, -0.15) is 0 Å². The lowest BCUT2D eigenvalue weighted by Gasteiger charge is -2.19. The number of hydrogen-bond donors (Lipinski definition) is 5. The highest BCUT2D eigenvalue weighted by Crippen LogP contribution is 2.18. The second kappa shape index (κ2) is 13.3. The summed E-state index contributed by atoms with van der Waals surface area (Å²) in [5, 5.41) is 17.6. The molecule has 2 aromatic rings. The Hall–Kier alpha value is -3.67. The number of pyridine rings is 1. The Morgan fingerprint density at radius 3 is 2.60 bits per heavy atom. The molecule has 35 heavy (non-hydrogen) atoms. The SMILES string of the molecule is CN/C(N)=C/C=C(\N)CCCCc1nnc(NC(=O)Cc2cccc(NC(=O)OC(C)(C)C)n2)s1. The molecule has 12 heteroatoms. The van der Waals surface area contributed by atoms with Crippen LogP contribution >= 0.6 is 11.3 Å². The van der Waals surface area contributed by atoms with Gasteiger partial charge in [0.2, 0.25) is 11.0 Å². The molecule has 0 bridgehead atoms. The molecule has 0 aliphatic carbocycles. The topological polar surface area (TPSA) is 170 Å². The van der Waals surface area contributed by atoms with E-state index in [4.69, 9.17) is 16.2 Å². The molecular formula is C23H34N8O3S. The van der Waals surface area contributed by atoms with Crippen molar-refractivity contribution in [1.82, 2.24) is 20.5 Å². The van der Waals surface area contributed by atoms with E-state index in [1.54, 1.807) is 58.2 Å². The van der Waals surface area contributed by atoms with Crippen LogP contribution in [0.15, 0.2) is 41.9 Å². The van der Waals surface area contributed by atoms with E-state index in [0.29, 0.717) is 22.5 Å². The summed E-state index contributed by atoms with van der Waals surface area (Å²) in [6.07, 6.45) is 6.24. The molecule has 11 nitrogen and oxygen atoms in total. The summed E-state index contributed by atoms with van der Waals surface area (Å²) in [6, 6.07) is 5.04. The molecule has 0 fully saturated rings. The molecule has 0 saturated heterocycles. The minimum Gasteiger partial charge on any atom is -0.444 e. The molecule has 0 radical (unpaired) electrons. The van der Waals surface area contributed by atoms with Gasteiger partial charge in [-0.05, 0) is 64.3 Å². The summed E-state index contributed by atoms with van der Waals surface area (Å²) in [5.41, 5.74) is 12.3. The van der Waals surface area contributed by atoms with E-state index in [2.05, 4.69) is 31.1 Å². The van der Waals surface area contributed by atoms with Gasteiger partial charge in [-0.3, -0.25) is 10.1 Å². The van der Waals surface area contributed by atoms with Crippen LogP contribution in [-0.4, -0.2) is 39.8 Å². The van der Waals surface area contributed by atoms with Gasteiger partial charge in [0.15, 0.2) is 0 Å². The maximum atomic E-state index is 12.4. The fraction of sp³-hybridized carbons (Fsp3) is 0.435. The summed E-state index contributed by atoms with van der Waals surface area (Å²) in [4.78, 5) is 28.6. The van der Waals surface area contributed by atoms with Crippen molar-refractivity contribution >= 4 is 34.3 Å². The van der Waals surface area contributed by atoms with Gasteiger partial charge in [-0.25, -0.2) is 9.78 Å². The number of aromatic nitrogens is 3. The monoisotopic (exact) mass is 502 g/mol. The number of nitrogens with two attached hydrogens (primary N) is 2. The Kier molecular flexibility index (Phi) is 10.5. The molecule has 0 spiro atoms. The molecule has 2 aromatic heterocycles. The number of carbonyl (C=O) groups excluding carboxylic acids is 2. The van der Waals surface area contributed by atoms with Crippen LogP contribution in [0.4, 0.5) is 15.7 Å². The van der Waals surface area contributed by atoms with Crippen molar-refractivity contribution < 1.29 is 14.3 Å². The molecule has 2 rings (SSSR count). The van der Waals surface area contributed by atoms with Gasteiger partial charge in [-0.1, -0.05) is 17.4 Å². The number of ether oxygens (including phenoxy) is 1. The Bertz CT molecular complexity index is 1060. The average Bonchev–Trinajstić information content (AvgIpc) is 3.20. The van der Waals surface area contributed by atoms with Crippen LogP contribution in [0.5, 0.6) is 0 Å². The van der Waals surface area contributed by atoms with Crippen molar-refractivity contribution in [3.05, 3.63) is 52.6 Å². The largest absolute Gasteiger partial charge is 0.444 e. The fourth-order valence-corrected chi connectivity index (χ4v) is 3.56. The van der Waals surface area contributed by atoms with Crippen molar-refractivity contribution in [1.29, 1.82) is 0 Å². The lowest BCUT2D eigenvalue weighted by Crippen LogP contribution is -2.27. The van der Waals surface area contributed by atoms with E-state index in [1.165, 1.54) is 11.3 Å². The first-order chi connectivity index (χ1) is 16.5. The van der Waals surface area contributed by atoms with Crippen LogP contribution in [0.1, 0.15) is 50.7 Å². The van der Waals surface area contributed by atoms with Gasteiger partial charge in [0.1, 0.15) is 16.4 Å². The summed E-state index contributed by atoms with van der Waals surface area (Å²) < 4.78 is 5.21. The smallest absolute Gasteiger partial charge is 0.413 e. The highest BCUT2D eigenvalue weighted by molar-refractivity contribution is 7.15. The fourth-order valence-electron chi connectivity index (χ4n) is 2.76. The number of carbonyl (C=O) groups is 2. The Morgan fingerprint density at radius 1 is 1.11 bits per heavy atom. The summed E-state index contributed by atoms with van der Waals surface area (Å²) in [5.74, 6) is 0.582. The Morgan fingerprint density at radius 2 is 1.89 bits per heavy atom. The molecular weight excluding hydrogens is 468 g/mol. The van der Waals surface area contributed by atoms with E-state index in [9.17, 15) is 9.59 Å². The first-order valence-electron chi connectivity index (χ1n) is 11.2. The van der Waals surface area contributed by atoms with Crippen molar-refractivity contribution in [3.63, 3.8) is 0 Å². The normalized spacial score (nSPS) is 12.2. The van der Waals surface area contributed by atoms with Gasteiger partial charge in [-0.15, -0.1) is 10.2 Å². The van der Waals surface area contributed by atoms with E-state index in [1.807, 2.05) is 0 Å². The average molecular weight is 503 g/mol. The van der Waals surface area contributed by atoms with Crippen LogP contribution in [0.2, 0.25) is 0 Å². The lowest BCUT2D eigenvalue weighted by atomic mass is 10.1. The number of amides is 2. The number of allylic oxidation sites excluding steroid dienone is 3. The van der Waals surface area contributed by atoms with Gasteiger partial charge >= 0.3 is 6.09 Å². The molecule has 0 saturated carbocycles. The van der Waals surface area contributed by atoms with Crippen molar-refractivity contribution in [2.45, 2.75) is 58.5 Å². The number of anilines is 2. The maximum absolute atomic E-state index is 12.4. The van der Waals surface area contributed by atoms with Gasteiger partial charge in [0.25, 0.3) is 0 Å². The first-order valence-corrected chi connectivity index (χ1v) is 12.0. The number of nitrogens with zero attached hydrogens (tertiary/aromatic N) is 3. The van der Waals surface area contributed by atoms with Crippen molar-refractivity contribution in [3.8, 4) is 0 Å². The van der Waals surface area contributed by atoms with Gasteiger partial charge < -0.3 is 26.8 Å². The quantitative estimate of drug-likeness (QED) is 0.229. The number of rotatable bonds is 11. The third-order valence-electron chi connectivity index (χ3n) is 4.36. The number of nitrogens with one attached hydrogen (secondary N) is 3. The second-order valence-electron chi connectivity index (χ2n) is 8.69. The number of aryl methyl sites for hydroxylation is 1. The first kappa shape index (κ1) is 27.6. The maximum Gasteiger partial charge on any atom is 0.413 e. The van der Waals surface area contributed by atoms with Crippen LogP contribution in [0, 0.1) is 0 Å². The van der Waals surface area contributed by atoms with E-state index in [0.717, 1.165) is 36.4 Å². The summed E-state index contributed by atoms with van der Waals surface area (Å²) in [6.45, 7) is 5.32. The molecule has 0 aliphatic heterocycles. The molecule has 0 aliphatic rings. The van der Waals surface area contributed by atoms with Crippen LogP contribution in [0.25, 0.3) is 0 Å². The molecule has 0 unspecified atom stereocenters. The van der Waals surface area contributed by atoms with Crippen LogP contribution in [-0.2, 0) is 22.4 Å². The Labute approximate surface area is 209 Å². The van der Waals surface area contributed by atoms with E-state index >= 15 is 0 Å². The molecule has 2 amide bonds. The predicted molar refractivity (Wildman–Crippen MR) is 137 cm³/mol. The van der Waals surface area contributed by atoms with Gasteiger partial charge in [0, 0.05) is 19.2 Å². The highest BCUT2D eigenvalue weighted by Gasteiger charge is 2.17. The van der Waals surface area contributed by atoms with E-state index < -0.39 is 11.7 Å². The zero-order chi connectivity index (χ0) is 25.8. The zero-order valence-corrected chi connectivity index (χ0v) is 21.4. The second-order valence-corrected chi connectivity index (χ2v) is 9.75. The molecule has 190 valence electrons. The van der Waals surface area contributed by atoms with Gasteiger partial charge in [0.05, 0.1) is 17.9 Å². The van der Waals surface area contributed by atoms with E-state index in [-0.39, 0.29) is 12.3 Å². The molecule has 7 N–H and O–H groups in total. The summed E-state index contributed by atoms with van der Waals surface area (Å²) >= 11 is 1.34. The standard InChI is InChI=1S/C23H34N8O3S/c1-23(2,3)34-22(33)28-18-10-7-9-16(27-18)14-19(32)29-21-31-30-20(35-21)11-6-5-8-15(24)12-13-17(25)26-4/h7,9-10,12-13,26H,5-6,8,11,14,24-25H2,1-4H3,(H,27,28,33)(H,29,31,32)/b15-12-,17-13+.